The summed E-state index contributed by atoms with van der Waals surface area (Å²) in [7, 11) is 0. The molecule has 0 amide bonds. The second-order valence-corrected chi connectivity index (χ2v) is 4.61. The van der Waals surface area contributed by atoms with E-state index in [9.17, 15) is 20.3 Å². The van der Waals surface area contributed by atoms with Gasteiger partial charge in [0.1, 0.15) is 29.8 Å². The second kappa shape index (κ2) is 4.60. The number of aliphatic hydroxyl groups excluding tert-OH is 1. The summed E-state index contributed by atoms with van der Waals surface area (Å²) in [6.07, 6.45) is 1.91. The van der Waals surface area contributed by atoms with E-state index in [1.165, 1.54) is 25.3 Å². The number of hydrogen-bond acceptors (Lipinski definition) is 6. The molecule has 3 atom stereocenters. The van der Waals surface area contributed by atoms with Gasteiger partial charge < -0.3 is 14.9 Å². The van der Waals surface area contributed by atoms with Crippen molar-refractivity contribution < 1.29 is 19.9 Å². The Morgan fingerprint density at radius 3 is 2.84 bits per heavy atom. The maximum absolute atomic E-state index is 10.9. The topological polar surface area (TPSA) is 106 Å². The minimum atomic E-state index is -1.44. The van der Waals surface area contributed by atoms with Gasteiger partial charge in [-0.15, -0.1) is 0 Å². The number of nitrogens with zero attached hydrogens (tertiary/aromatic N) is 2. The van der Waals surface area contributed by atoms with Crippen LogP contribution in [0.3, 0.4) is 0 Å². The monoisotopic (exact) mass is 266 g/mol. The summed E-state index contributed by atoms with van der Waals surface area (Å²) in [5, 5.41) is 30.8. The van der Waals surface area contributed by atoms with E-state index in [1.54, 1.807) is 6.92 Å². The third kappa shape index (κ3) is 2.29. The number of rotatable bonds is 2. The first-order valence-electron chi connectivity index (χ1n) is 5.71. The number of aromatic nitrogens is 1. The molecule has 0 aliphatic carbocycles. The van der Waals surface area contributed by atoms with Crippen molar-refractivity contribution in [1.82, 2.24) is 4.98 Å². The number of nitro groups is 1. The molecule has 0 radical (unpaired) electrons. The van der Waals surface area contributed by atoms with E-state index in [1.807, 2.05) is 0 Å². The summed E-state index contributed by atoms with van der Waals surface area (Å²) in [5.41, 5.74) is -1.43. The van der Waals surface area contributed by atoms with Gasteiger partial charge in [-0.2, -0.15) is 0 Å². The van der Waals surface area contributed by atoms with Crippen LogP contribution in [0.15, 0.2) is 24.5 Å². The molecule has 0 bridgehead atoms. The first-order valence-corrected chi connectivity index (χ1v) is 5.71. The fourth-order valence-electron chi connectivity index (χ4n) is 1.79. The van der Waals surface area contributed by atoms with Gasteiger partial charge in [0.05, 0.1) is 10.5 Å². The highest BCUT2D eigenvalue weighted by Gasteiger charge is 2.41. The van der Waals surface area contributed by atoms with Crippen molar-refractivity contribution in [3.8, 4) is 0 Å². The van der Waals surface area contributed by atoms with Crippen LogP contribution in [0.2, 0.25) is 0 Å². The molecule has 0 saturated heterocycles. The van der Waals surface area contributed by atoms with Crippen molar-refractivity contribution in [2.24, 2.45) is 0 Å². The fraction of sp³-hybridized carbons (Fsp3) is 0.417. The van der Waals surface area contributed by atoms with Crippen LogP contribution in [0.5, 0.6) is 0 Å². The van der Waals surface area contributed by atoms with Crippen LogP contribution >= 0.6 is 0 Å². The molecular weight excluding hydrogens is 252 g/mol. The molecule has 2 heterocycles. The molecule has 2 N–H and O–H groups in total. The summed E-state index contributed by atoms with van der Waals surface area (Å²) >= 11 is 0. The quantitative estimate of drug-likeness (QED) is 0.607. The molecule has 102 valence electrons. The summed E-state index contributed by atoms with van der Waals surface area (Å²) in [6.45, 7) is 3.03. The van der Waals surface area contributed by atoms with E-state index < -0.39 is 22.7 Å². The van der Waals surface area contributed by atoms with Crippen LogP contribution in [0, 0.1) is 10.1 Å². The summed E-state index contributed by atoms with van der Waals surface area (Å²) in [6, 6.07) is 1.43. The molecule has 1 aromatic heterocycles. The average molecular weight is 266 g/mol. The maximum atomic E-state index is 10.9. The molecule has 0 spiro atoms. The van der Waals surface area contributed by atoms with Gasteiger partial charge in [-0.1, -0.05) is 0 Å². The Bertz CT molecular complexity index is 541. The number of ether oxygens (including phenoxy) is 1. The molecule has 7 heteroatoms. The van der Waals surface area contributed by atoms with Crippen LogP contribution in [-0.4, -0.2) is 37.9 Å². The van der Waals surface area contributed by atoms with Crippen LogP contribution < -0.4 is 0 Å². The number of pyridine rings is 1. The SMILES string of the molecule is C[C@H]1OC(c2ccncc2[N+](=O)[O-])=C[C@@H](O)[C@]1(C)O. The molecule has 0 fully saturated rings. The lowest BCUT2D eigenvalue weighted by Gasteiger charge is -2.38. The van der Waals surface area contributed by atoms with E-state index in [0.717, 1.165) is 6.20 Å². The molecule has 0 saturated carbocycles. The van der Waals surface area contributed by atoms with E-state index >= 15 is 0 Å². The van der Waals surface area contributed by atoms with Crippen molar-refractivity contribution >= 4 is 11.4 Å². The van der Waals surface area contributed by atoms with Crippen LogP contribution in [0.4, 0.5) is 5.69 Å². The first kappa shape index (κ1) is 13.4. The van der Waals surface area contributed by atoms with Gasteiger partial charge in [0.25, 0.3) is 5.69 Å². The first-order chi connectivity index (χ1) is 8.84. The Morgan fingerprint density at radius 2 is 2.26 bits per heavy atom. The molecule has 2 rings (SSSR count). The zero-order valence-corrected chi connectivity index (χ0v) is 10.5. The largest absolute Gasteiger partial charge is 0.487 e. The molecule has 1 aromatic rings. The lowest BCUT2D eigenvalue weighted by molar-refractivity contribution is -0.385. The highest BCUT2D eigenvalue weighted by Crippen LogP contribution is 2.34. The normalized spacial score (nSPS) is 30.4. The Kier molecular flexibility index (Phi) is 3.25. The van der Waals surface area contributed by atoms with Crippen molar-refractivity contribution in [3.63, 3.8) is 0 Å². The third-order valence-corrected chi connectivity index (χ3v) is 3.30. The molecular formula is C12H14N2O5. The Morgan fingerprint density at radius 1 is 1.58 bits per heavy atom. The van der Waals surface area contributed by atoms with E-state index in [4.69, 9.17) is 4.74 Å². The van der Waals surface area contributed by atoms with Crippen LogP contribution in [0.25, 0.3) is 5.76 Å². The van der Waals surface area contributed by atoms with Gasteiger partial charge in [-0.3, -0.25) is 15.1 Å². The molecule has 1 aliphatic rings. The highest BCUT2D eigenvalue weighted by atomic mass is 16.6. The second-order valence-electron chi connectivity index (χ2n) is 4.61. The molecule has 1 aliphatic heterocycles. The third-order valence-electron chi connectivity index (χ3n) is 3.30. The Labute approximate surface area is 109 Å². The smallest absolute Gasteiger partial charge is 0.298 e. The van der Waals surface area contributed by atoms with E-state index in [2.05, 4.69) is 4.98 Å². The zero-order chi connectivity index (χ0) is 14.2. The van der Waals surface area contributed by atoms with Crippen molar-refractivity contribution in [2.45, 2.75) is 31.7 Å². The predicted molar refractivity (Wildman–Crippen MR) is 66.0 cm³/mol. The average Bonchev–Trinajstić information content (AvgIpc) is 2.36. The van der Waals surface area contributed by atoms with Gasteiger partial charge in [-0.25, -0.2) is 0 Å². The van der Waals surface area contributed by atoms with Gasteiger partial charge >= 0.3 is 0 Å². The summed E-state index contributed by atoms with van der Waals surface area (Å²) in [4.78, 5) is 14.0. The van der Waals surface area contributed by atoms with Gasteiger partial charge in [0.15, 0.2) is 0 Å². The van der Waals surface area contributed by atoms with E-state index in [-0.39, 0.29) is 17.0 Å². The minimum absolute atomic E-state index is 0.167. The maximum Gasteiger partial charge on any atom is 0.298 e. The molecule has 7 nitrogen and oxygen atoms in total. The van der Waals surface area contributed by atoms with Gasteiger partial charge in [0.2, 0.25) is 0 Å². The summed E-state index contributed by atoms with van der Waals surface area (Å²) < 4.78 is 5.47. The number of aliphatic hydroxyl groups is 2. The van der Waals surface area contributed by atoms with Gasteiger partial charge in [0, 0.05) is 6.20 Å². The van der Waals surface area contributed by atoms with Gasteiger partial charge in [-0.05, 0) is 26.0 Å². The predicted octanol–water partition coefficient (Wildman–Crippen LogP) is 0.861. The molecule has 19 heavy (non-hydrogen) atoms. The van der Waals surface area contributed by atoms with Crippen LogP contribution in [-0.2, 0) is 4.74 Å². The summed E-state index contributed by atoms with van der Waals surface area (Å²) in [5.74, 6) is 0.167. The van der Waals surface area contributed by atoms with Crippen LogP contribution in [0.1, 0.15) is 19.4 Å². The Balaban J connectivity index is 2.47. The Hall–Kier alpha value is -1.99. The lowest BCUT2D eigenvalue weighted by Crippen LogP contribution is -2.50. The molecule has 0 unspecified atom stereocenters. The lowest BCUT2D eigenvalue weighted by atomic mass is 9.89. The van der Waals surface area contributed by atoms with Crippen molar-refractivity contribution in [3.05, 3.63) is 40.2 Å². The van der Waals surface area contributed by atoms with Crippen molar-refractivity contribution in [2.75, 3.05) is 0 Å². The number of hydrogen-bond donors (Lipinski definition) is 2. The fourth-order valence-corrected chi connectivity index (χ4v) is 1.79. The van der Waals surface area contributed by atoms with Crippen molar-refractivity contribution in [1.29, 1.82) is 0 Å². The minimum Gasteiger partial charge on any atom is -0.487 e. The molecule has 0 aromatic carbocycles. The highest BCUT2D eigenvalue weighted by molar-refractivity contribution is 5.69. The zero-order valence-electron chi connectivity index (χ0n) is 10.5. The standard InChI is InChI=1S/C12H14N2O5/c1-7-12(2,16)11(15)5-10(19-7)8-3-4-13-6-9(8)14(17)18/h3-7,11,15-16H,1-2H3/t7-,11-,12-/m1/s1. The van der Waals surface area contributed by atoms with E-state index in [0.29, 0.717) is 0 Å².